The topological polar surface area (TPSA) is 82.2 Å². The molecule has 2 aliphatic heterocycles. The van der Waals surface area contributed by atoms with Gasteiger partial charge < -0.3 is 9.80 Å². The summed E-state index contributed by atoms with van der Waals surface area (Å²) in [6.07, 6.45) is 1.77. The van der Waals surface area contributed by atoms with Gasteiger partial charge in [0.05, 0.1) is 0 Å². The number of aromatic amines is 1. The molecule has 1 N–H and O–H groups in total. The van der Waals surface area contributed by atoms with Crippen LogP contribution in [0.5, 0.6) is 0 Å². The van der Waals surface area contributed by atoms with E-state index in [1.165, 1.54) is 11.1 Å². The van der Waals surface area contributed by atoms with Crippen LogP contribution >= 0.6 is 0 Å². The normalized spacial score (nSPS) is 30.5. The summed E-state index contributed by atoms with van der Waals surface area (Å²) in [4.78, 5) is 31.0. The van der Waals surface area contributed by atoms with Gasteiger partial charge in [0.25, 0.3) is 5.91 Å². The van der Waals surface area contributed by atoms with E-state index >= 15 is 0 Å². The zero-order chi connectivity index (χ0) is 23.9. The lowest BCUT2D eigenvalue weighted by molar-refractivity contribution is -0.135. The molecule has 5 atom stereocenters. The first-order chi connectivity index (χ1) is 16.9. The van der Waals surface area contributed by atoms with Gasteiger partial charge in [0.2, 0.25) is 5.91 Å². The molecule has 2 aromatic carbocycles. The summed E-state index contributed by atoms with van der Waals surface area (Å²) in [5.41, 5.74) is 4.92. The number of hydrogen-bond acceptors (Lipinski definition) is 4. The van der Waals surface area contributed by atoms with Gasteiger partial charge in [-0.25, -0.2) is 0 Å². The SMILES string of the molecule is CC1(C)CC(C(=O)N2C[C@@H]3[C@H]4CN(C(=O)c5ccc6n[nH]nc6c5)C[C@H]4[C@@H]3C2)Cc2ccccc21. The summed E-state index contributed by atoms with van der Waals surface area (Å²) in [5, 5.41) is 10.8. The zero-order valence-corrected chi connectivity index (χ0v) is 20.3. The fourth-order valence-corrected chi connectivity index (χ4v) is 7.73. The van der Waals surface area contributed by atoms with Gasteiger partial charge in [-0.15, -0.1) is 0 Å². The molecule has 1 saturated carbocycles. The van der Waals surface area contributed by atoms with Crippen LogP contribution < -0.4 is 0 Å². The summed E-state index contributed by atoms with van der Waals surface area (Å²) < 4.78 is 0. The number of nitrogens with one attached hydrogen (secondary N) is 1. The van der Waals surface area contributed by atoms with Crippen LogP contribution in [0.25, 0.3) is 11.0 Å². The van der Waals surface area contributed by atoms with E-state index < -0.39 is 0 Å². The molecule has 7 nitrogen and oxygen atoms in total. The molecule has 35 heavy (non-hydrogen) atoms. The summed E-state index contributed by atoms with van der Waals surface area (Å²) in [7, 11) is 0. The maximum absolute atomic E-state index is 13.6. The maximum Gasteiger partial charge on any atom is 0.253 e. The molecule has 7 rings (SSSR count). The lowest BCUT2D eigenvalue weighted by atomic mass is 9.60. The van der Waals surface area contributed by atoms with E-state index in [0.717, 1.165) is 50.1 Å². The molecule has 7 heteroatoms. The Morgan fingerprint density at radius 1 is 0.886 bits per heavy atom. The molecule has 1 aromatic heterocycles. The van der Waals surface area contributed by atoms with E-state index in [1.807, 2.05) is 23.1 Å². The minimum absolute atomic E-state index is 0.0280. The monoisotopic (exact) mass is 469 g/mol. The van der Waals surface area contributed by atoms with E-state index in [9.17, 15) is 9.59 Å². The number of aromatic nitrogens is 3. The molecule has 3 heterocycles. The highest BCUT2D eigenvalue weighted by molar-refractivity contribution is 5.97. The number of carbonyl (C=O) groups is 2. The number of H-pyrrole nitrogens is 1. The first-order valence-corrected chi connectivity index (χ1v) is 12.9. The minimum atomic E-state index is 0.0280. The molecule has 2 aliphatic carbocycles. The van der Waals surface area contributed by atoms with E-state index in [4.69, 9.17) is 0 Å². The average molecular weight is 470 g/mol. The summed E-state index contributed by atoms with van der Waals surface area (Å²) >= 11 is 0. The van der Waals surface area contributed by atoms with Crippen LogP contribution in [-0.2, 0) is 16.6 Å². The predicted octanol–water partition coefficient (Wildman–Crippen LogP) is 3.27. The molecule has 0 bridgehead atoms. The second-order valence-electron chi connectivity index (χ2n) is 11.8. The van der Waals surface area contributed by atoms with Crippen molar-refractivity contribution in [2.24, 2.45) is 29.6 Å². The van der Waals surface area contributed by atoms with Gasteiger partial charge in [0.15, 0.2) is 0 Å². The van der Waals surface area contributed by atoms with Crippen molar-refractivity contribution in [1.82, 2.24) is 25.2 Å². The quantitative estimate of drug-likeness (QED) is 0.625. The van der Waals surface area contributed by atoms with E-state index in [0.29, 0.717) is 35.1 Å². The Morgan fingerprint density at radius 2 is 1.54 bits per heavy atom. The number of amides is 2. The first kappa shape index (κ1) is 21.1. The van der Waals surface area contributed by atoms with Gasteiger partial charge in [-0.3, -0.25) is 9.59 Å². The smallest absolute Gasteiger partial charge is 0.253 e. The standard InChI is InChI=1S/C28H31N5O2/c1-28(2)11-18(9-16-5-3-4-6-23(16)28)27(35)33-14-21-19-12-32(13-20(19)22(21)15-33)26(34)17-7-8-24-25(10-17)30-31-29-24/h3-8,10,18-22H,9,11-15H2,1-2H3,(H,29,30,31)/t18?,19-,20+,21+,22-. The maximum atomic E-state index is 13.6. The molecule has 0 radical (unpaired) electrons. The van der Waals surface area contributed by atoms with Crippen LogP contribution in [0.3, 0.4) is 0 Å². The van der Waals surface area contributed by atoms with Gasteiger partial charge in [-0.2, -0.15) is 15.4 Å². The Labute approximate surface area is 204 Å². The molecule has 4 aliphatic rings. The van der Waals surface area contributed by atoms with Gasteiger partial charge in [-0.1, -0.05) is 38.1 Å². The number of carbonyl (C=O) groups excluding carboxylic acids is 2. The van der Waals surface area contributed by atoms with Gasteiger partial charge >= 0.3 is 0 Å². The Balaban J connectivity index is 1.02. The van der Waals surface area contributed by atoms with Crippen molar-refractivity contribution in [3.8, 4) is 0 Å². The van der Waals surface area contributed by atoms with E-state index in [-0.39, 0.29) is 17.2 Å². The van der Waals surface area contributed by atoms with Crippen LogP contribution in [0.2, 0.25) is 0 Å². The number of fused-ring (bicyclic) bond motifs is 6. The highest BCUT2D eigenvalue weighted by Crippen LogP contribution is 2.54. The summed E-state index contributed by atoms with van der Waals surface area (Å²) in [6, 6.07) is 14.1. The van der Waals surface area contributed by atoms with Crippen LogP contribution in [-0.4, -0.2) is 63.2 Å². The molecule has 0 spiro atoms. The summed E-state index contributed by atoms with van der Waals surface area (Å²) in [6.45, 7) is 7.86. The van der Waals surface area contributed by atoms with Crippen LogP contribution in [0.15, 0.2) is 42.5 Å². The molecule has 3 fully saturated rings. The highest BCUT2D eigenvalue weighted by atomic mass is 16.2. The van der Waals surface area contributed by atoms with Crippen LogP contribution in [0.1, 0.15) is 41.8 Å². The summed E-state index contributed by atoms with van der Waals surface area (Å²) in [5.74, 6) is 2.59. The van der Waals surface area contributed by atoms with Gasteiger partial charge in [-0.05, 0) is 71.3 Å². The Bertz CT molecular complexity index is 1330. The third-order valence-corrected chi connectivity index (χ3v) is 9.41. The van der Waals surface area contributed by atoms with E-state index in [2.05, 4.69) is 58.4 Å². The van der Waals surface area contributed by atoms with Gasteiger partial charge in [0, 0.05) is 37.7 Å². The number of hydrogen-bond donors (Lipinski definition) is 1. The molecule has 180 valence electrons. The zero-order valence-electron chi connectivity index (χ0n) is 20.3. The van der Waals surface area contributed by atoms with Crippen molar-refractivity contribution >= 4 is 22.8 Å². The fraction of sp³-hybridized carbons (Fsp3) is 0.500. The van der Waals surface area contributed by atoms with Crippen LogP contribution in [0.4, 0.5) is 0 Å². The van der Waals surface area contributed by atoms with Gasteiger partial charge in [0.1, 0.15) is 11.0 Å². The van der Waals surface area contributed by atoms with Crippen molar-refractivity contribution in [3.63, 3.8) is 0 Å². The highest BCUT2D eigenvalue weighted by Gasteiger charge is 2.59. The van der Waals surface area contributed by atoms with Crippen molar-refractivity contribution in [3.05, 3.63) is 59.2 Å². The largest absolute Gasteiger partial charge is 0.342 e. The molecule has 2 saturated heterocycles. The first-order valence-electron chi connectivity index (χ1n) is 12.9. The van der Waals surface area contributed by atoms with Crippen molar-refractivity contribution in [2.45, 2.75) is 32.1 Å². The number of nitrogens with zero attached hydrogens (tertiary/aromatic N) is 4. The minimum Gasteiger partial charge on any atom is -0.342 e. The van der Waals surface area contributed by atoms with Crippen molar-refractivity contribution in [1.29, 1.82) is 0 Å². The van der Waals surface area contributed by atoms with Crippen molar-refractivity contribution in [2.75, 3.05) is 26.2 Å². The number of benzene rings is 2. The molecular weight excluding hydrogens is 438 g/mol. The van der Waals surface area contributed by atoms with Crippen LogP contribution in [0, 0.1) is 29.6 Å². The Morgan fingerprint density at radius 3 is 2.29 bits per heavy atom. The lowest BCUT2D eigenvalue weighted by Gasteiger charge is -2.42. The average Bonchev–Trinajstić information content (AvgIpc) is 3.56. The lowest BCUT2D eigenvalue weighted by Crippen LogP contribution is -2.44. The second-order valence-corrected chi connectivity index (χ2v) is 11.8. The predicted molar refractivity (Wildman–Crippen MR) is 132 cm³/mol. The fourth-order valence-electron chi connectivity index (χ4n) is 7.73. The Hall–Kier alpha value is -3.22. The number of likely N-dealkylation sites (tertiary alicyclic amines) is 2. The molecular formula is C28H31N5O2. The molecule has 1 unspecified atom stereocenters. The van der Waals surface area contributed by atoms with E-state index in [1.54, 1.807) is 0 Å². The second kappa shape index (κ2) is 7.39. The third kappa shape index (κ3) is 3.16. The molecule has 3 aromatic rings. The number of rotatable bonds is 2. The third-order valence-electron chi connectivity index (χ3n) is 9.41. The Kier molecular flexibility index (Phi) is 4.45. The molecule has 2 amide bonds. The van der Waals surface area contributed by atoms with Crippen molar-refractivity contribution < 1.29 is 9.59 Å².